The first-order chi connectivity index (χ1) is 10.7. The van der Waals surface area contributed by atoms with E-state index < -0.39 is 0 Å². The Labute approximate surface area is 133 Å². The Balaban J connectivity index is 1.78. The van der Waals surface area contributed by atoms with E-state index in [0.29, 0.717) is 12.1 Å². The average Bonchev–Trinajstić information content (AvgIpc) is 3.03. The highest BCUT2D eigenvalue weighted by atomic mass is 15.1. The van der Waals surface area contributed by atoms with Gasteiger partial charge in [0.25, 0.3) is 0 Å². The molecule has 1 aromatic carbocycles. The van der Waals surface area contributed by atoms with Crippen molar-refractivity contribution in [3.05, 3.63) is 66.0 Å². The van der Waals surface area contributed by atoms with Gasteiger partial charge in [0.15, 0.2) is 0 Å². The summed E-state index contributed by atoms with van der Waals surface area (Å²) in [6.45, 7) is 0. The lowest BCUT2D eigenvalue weighted by molar-refractivity contribution is 0.291. The number of aromatic nitrogens is 1. The fourth-order valence-electron chi connectivity index (χ4n) is 3.36. The van der Waals surface area contributed by atoms with Gasteiger partial charge >= 0.3 is 0 Å². The lowest BCUT2D eigenvalue weighted by atomic mass is 10.0. The Morgan fingerprint density at radius 1 is 1.05 bits per heavy atom. The molecule has 1 N–H and O–H groups in total. The Morgan fingerprint density at radius 3 is 2.45 bits per heavy atom. The Bertz CT molecular complexity index is 528. The third kappa shape index (κ3) is 3.54. The highest BCUT2D eigenvalue weighted by Gasteiger charge is 2.28. The van der Waals surface area contributed by atoms with E-state index in [4.69, 9.17) is 0 Å². The van der Waals surface area contributed by atoms with Gasteiger partial charge in [0.1, 0.15) is 0 Å². The molecule has 0 spiro atoms. The second kappa shape index (κ2) is 7.03. The summed E-state index contributed by atoms with van der Waals surface area (Å²) in [6.07, 6.45) is 5.60. The maximum Gasteiger partial charge on any atom is 0.0753 e. The molecule has 0 unspecified atom stereocenters. The van der Waals surface area contributed by atoms with Gasteiger partial charge in [-0.25, -0.2) is 0 Å². The van der Waals surface area contributed by atoms with Crippen LogP contribution in [-0.4, -0.2) is 36.1 Å². The largest absolute Gasteiger partial charge is 0.306 e. The van der Waals surface area contributed by atoms with Gasteiger partial charge in [0, 0.05) is 18.3 Å². The molecule has 0 radical (unpaired) electrons. The summed E-state index contributed by atoms with van der Waals surface area (Å²) in [5, 5.41) is 3.84. The zero-order valence-corrected chi connectivity index (χ0v) is 13.4. The highest BCUT2D eigenvalue weighted by molar-refractivity contribution is 5.27. The van der Waals surface area contributed by atoms with E-state index in [9.17, 15) is 0 Å². The van der Waals surface area contributed by atoms with Gasteiger partial charge in [-0.3, -0.25) is 4.98 Å². The lowest BCUT2D eigenvalue weighted by Crippen LogP contribution is -2.34. The molecule has 1 saturated carbocycles. The van der Waals surface area contributed by atoms with E-state index in [2.05, 4.69) is 71.8 Å². The molecule has 1 heterocycles. The summed E-state index contributed by atoms with van der Waals surface area (Å²) in [7, 11) is 4.36. The fourth-order valence-corrected chi connectivity index (χ4v) is 3.36. The predicted octanol–water partition coefficient (Wildman–Crippen LogP) is 3.24. The average molecular weight is 295 g/mol. The number of benzene rings is 1. The van der Waals surface area contributed by atoms with Crippen molar-refractivity contribution in [2.45, 2.75) is 37.4 Å². The molecule has 0 aliphatic heterocycles. The molecule has 0 bridgehead atoms. The first-order valence-electron chi connectivity index (χ1n) is 8.12. The summed E-state index contributed by atoms with van der Waals surface area (Å²) in [5.74, 6) is 0. The highest BCUT2D eigenvalue weighted by Crippen LogP contribution is 2.27. The smallest absolute Gasteiger partial charge is 0.0753 e. The van der Waals surface area contributed by atoms with E-state index >= 15 is 0 Å². The SMILES string of the molecule is CN(C)[C@@H]1CC[C@@H](N[C@H](c2ccccc2)c2ccccn2)C1. The van der Waals surface area contributed by atoms with Crippen LogP contribution in [0.5, 0.6) is 0 Å². The number of nitrogens with zero attached hydrogens (tertiary/aromatic N) is 2. The molecule has 116 valence electrons. The van der Waals surface area contributed by atoms with Gasteiger partial charge < -0.3 is 10.2 Å². The number of rotatable bonds is 5. The first kappa shape index (κ1) is 15.2. The van der Waals surface area contributed by atoms with Gasteiger partial charge in [-0.15, -0.1) is 0 Å². The van der Waals surface area contributed by atoms with Crippen LogP contribution in [0.25, 0.3) is 0 Å². The van der Waals surface area contributed by atoms with Crippen LogP contribution < -0.4 is 5.32 Å². The van der Waals surface area contributed by atoms with Gasteiger partial charge in [-0.05, 0) is 51.1 Å². The molecule has 1 fully saturated rings. The number of hydrogen-bond donors (Lipinski definition) is 1. The van der Waals surface area contributed by atoms with E-state index in [-0.39, 0.29) is 6.04 Å². The zero-order valence-electron chi connectivity index (χ0n) is 13.4. The van der Waals surface area contributed by atoms with Crippen LogP contribution in [-0.2, 0) is 0 Å². The molecule has 3 heteroatoms. The molecule has 2 aromatic rings. The Hall–Kier alpha value is -1.71. The second-order valence-electron chi connectivity index (χ2n) is 6.39. The molecule has 1 aromatic heterocycles. The topological polar surface area (TPSA) is 28.2 Å². The number of nitrogens with one attached hydrogen (secondary N) is 1. The predicted molar refractivity (Wildman–Crippen MR) is 90.8 cm³/mol. The van der Waals surface area contributed by atoms with E-state index in [0.717, 1.165) is 5.69 Å². The van der Waals surface area contributed by atoms with Gasteiger partial charge in [-0.2, -0.15) is 0 Å². The molecule has 3 atom stereocenters. The molecule has 22 heavy (non-hydrogen) atoms. The number of hydrogen-bond acceptors (Lipinski definition) is 3. The Morgan fingerprint density at radius 2 is 1.82 bits per heavy atom. The second-order valence-corrected chi connectivity index (χ2v) is 6.39. The van der Waals surface area contributed by atoms with Crippen LogP contribution >= 0.6 is 0 Å². The zero-order chi connectivity index (χ0) is 15.4. The minimum absolute atomic E-state index is 0.174. The summed E-state index contributed by atoms with van der Waals surface area (Å²) in [5.41, 5.74) is 2.39. The van der Waals surface area contributed by atoms with Crippen molar-refractivity contribution in [2.24, 2.45) is 0 Å². The van der Waals surface area contributed by atoms with Crippen LogP contribution in [0, 0.1) is 0 Å². The normalized spacial score (nSPS) is 22.9. The van der Waals surface area contributed by atoms with Crippen LogP contribution in [0.4, 0.5) is 0 Å². The summed E-state index contributed by atoms with van der Waals surface area (Å²) in [4.78, 5) is 6.93. The van der Waals surface area contributed by atoms with Crippen LogP contribution in [0.3, 0.4) is 0 Å². The van der Waals surface area contributed by atoms with E-state index in [1.807, 2.05) is 12.3 Å². The van der Waals surface area contributed by atoms with Crippen molar-refractivity contribution in [3.8, 4) is 0 Å². The lowest BCUT2D eigenvalue weighted by Gasteiger charge is -2.24. The third-order valence-corrected chi connectivity index (χ3v) is 4.65. The molecule has 1 aliphatic carbocycles. The van der Waals surface area contributed by atoms with E-state index in [1.54, 1.807) is 0 Å². The van der Waals surface area contributed by atoms with E-state index in [1.165, 1.54) is 24.8 Å². The summed E-state index contributed by atoms with van der Waals surface area (Å²) in [6, 6.07) is 18.2. The Kier molecular flexibility index (Phi) is 4.86. The van der Waals surface area contributed by atoms with Crippen LogP contribution in [0.2, 0.25) is 0 Å². The summed E-state index contributed by atoms with van der Waals surface area (Å²) >= 11 is 0. The van der Waals surface area contributed by atoms with Crippen molar-refractivity contribution < 1.29 is 0 Å². The summed E-state index contributed by atoms with van der Waals surface area (Å²) < 4.78 is 0. The maximum atomic E-state index is 4.58. The van der Waals surface area contributed by atoms with Crippen molar-refractivity contribution in [1.29, 1.82) is 0 Å². The van der Waals surface area contributed by atoms with Gasteiger partial charge in [-0.1, -0.05) is 36.4 Å². The van der Waals surface area contributed by atoms with Crippen molar-refractivity contribution in [2.75, 3.05) is 14.1 Å². The quantitative estimate of drug-likeness (QED) is 0.918. The van der Waals surface area contributed by atoms with Crippen molar-refractivity contribution >= 4 is 0 Å². The van der Waals surface area contributed by atoms with Gasteiger partial charge in [0.2, 0.25) is 0 Å². The molecule has 1 aliphatic rings. The minimum Gasteiger partial charge on any atom is -0.306 e. The molecule has 0 saturated heterocycles. The standard InChI is InChI=1S/C19H25N3/c1-22(2)17-12-11-16(14-17)21-19(15-8-4-3-5-9-15)18-10-6-7-13-20-18/h3-10,13,16-17,19,21H,11-12,14H2,1-2H3/t16-,17-,19-/m1/s1. The molecule has 3 rings (SSSR count). The van der Waals surface area contributed by atoms with Crippen molar-refractivity contribution in [1.82, 2.24) is 15.2 Å². The van der Waals surface area contributed by atoms with Gasteiger partial charge in [0.05, 0.1) is 11.7 Å². The molecular formula is C19H25N3. The van der Waals surface area contributed by atoms with Crippen LogP contribution in [0.1, 0.15) is 36.6 Å². The molecule has 3 nitrogen and oxygen atoms in total. The first-order valence-corrected chi connectivity index (χ1v) is 8.12. The third-order valence-electron chi connectivity index (χ3n) is 4.65. The van der Waals surface area contributed by atoms with Crippen molar-refractivity contribution in [3.63, 3.8) is 0 Å². The number of pyridine rings is 1. The fraction of sp³-hybridized carbons (Fsp3) is 0.421. The molecular weight excluding hydrogens is 270 g/mol. The maximum absolute atomic E-state index is 4.58. The van der Waals surface area contributed by atoms with Crippen LogP contribution in [0.15, 0.2) is 54.7 Å². The minimum atomic E-state index is 0.174. The monoisotopic (exact) mass is 295 g/mol. The molecule has 0 amide bonds.